The van der Waals surface area contributed by atoms with E-state index in [1.165, 1.54) is 0 Å². The molecule has 0 aliphatic carbocycles. The number of nitrogens with one attached hydrogen (secondary N) is 1. The molecule has 0 saturated carbocycles. The van der Waals surface area contributed by atoms with Gasteiger partial charge in [0.25, 0.3) is 0 Å². The molecule has 0 amide bonds. The molecule has 56 valence electrons. The van der Waals surface area contributed by atoms with E-state index in [1.807, 2.05) is 0 Å². The first-order valence-corrected chi connectivity index (χ1v) is 3.41. The van der Waals surface area contributed by atoms with Crippen LogP contribution in [0.3, 0.4) is 0 Å². The molecule has 0 aromatic heterocycles. The van der Waals surface area contributed by atoms with Crippen molar-refractivity contribution in [2.75, 3.05) is 13.0 Å². The normalized spacial score (nSPS) is 8.90. The molecule has 0 atom stereocenters. The predicted octanol–water partition coefficient (Wildman–Crippen LogP) is -0.0476. The first-order chi connectivity index (χ1) is 4.77. The van der Waals surface area contributed by atoms with Crippen molar-refractivity contribution in [3.63, 3.8) is 0 Å². The molecule has 4 heteroatoms. The number of carbonyl (C=O) groups excluding carboxylic acids is 1. The summed E-state index contributed by atoms with van der Waals surface area (Å²) in [6.45, 7) is 2.32. The van der Waals surface area contributed by atoms with Gasteiger partial charge in [-0.3, -0.25) is 0 Å². The van der Waals surface area contributed by atoms with Gasteiger partial charge in [-0.1, -0.05) is 0 Å². The van der Waals surface area contributed by atoms with Crippen molar-refractivity contribution in [3.8, 4) is 0 Å². The Kier molecular flexibility index (Phi) is 6.28. The van der Waals surface area contributed by atoms with Gasteiger partial charge in [0.1, 0.15) is 0 Å². The maximum atomic E-state index is 10.4. The number of rotatable bonds is 6. The summed E-state index contributed by atoms with van der Waals surface area (Å²) >= 11 is 0. The molecule has 0 heterocycles. The summed E-state index contributed by atoms with van der Waals surface area (Å²) in [5.41, 5.74) is 0. The molecule has 0 unspecified atom stereocenters. The summed E-state index contributed by atoms with van der Waals surface area (Å²) in [6.07, 6.45) is 1.81. The van der Waals surface area contributed by atoms with Crippen LogP contribution < -0.4 is 5.32 Å². The minimum atomic E-state index is 0.202. The van der Waals surface area contributed by atoms with Crippen molar-refractivity contribution in [3.05, 3.63) is 0 Å². The molecule has 0 fully saturated rings. The van der Waals surface area contributed by atoms with Gasteiger partial charge in [0.2, 0.25) is 0 Å². The van der Waals surface area contributed by atoms with Crippen LogP contribution in [0.5, 0.6) is 0 Å². The molecule has 0 saturated heterocycles. The summed E-state index contributed by atoms with van der Waals surface area (Å²) < 4.78 is 9.77. The maximum absolute atomic E-state index is 10.4. The van der Waals surface area contributed by atoms with Crippen molar-refractivity contribution in [2.24, 2.45) is 0 Å². The fraction of sp³-hybridized carbons (Fsp3) is 0.833. The van der Waals surface area contributed by atoms with Crippen LogP contribution in [0, 0.1) is 0 Å². The number of hydrogen-bond acceptors (Lipinski definition) is 3. The van der Waals surface area contributed by atoms with Crippen LogP contribution in [0.15, 0.2) is 0 Å². The van der Waals surface area contributed by atoms with Crippen molar-refractivity contribution < 1.29 is 9.50 Å². The first kappa shape index (κ1) is 9.49. The van der Waals surface area contributed by atoms with Crippen LogP contribution in [0.1, 0.15) is 19.8 Å². The second-order valence-electron chi connectivity index (χ2n) is 2.18. The van der Waals surface area contributed by atoms with Crippen LogP contribution in [-0.2, 0) is 9.50 Å². The van der Waals surface area contributed by atoms with E-state index in [1.54, 1.807) is 6.92 Å². The molecule has 0 aliphatic heterocycles. The number of Topliss-reactive ketones (excluding diaryl/α,β-unsaturated/α-hetero) is 1. The molecule has 0 rings (SSSR count). The van der Waals surface area contributed by atoms with Gasteiger partial charge in [-0.05, 0) is 0 Å². The SMILES string of the molecule is CC(=O)CCCNCB=O. The summed E-state index contributed by atoms with van der Waals surface area (Å²) in [5, 5.41) is 2.87. The van der Waals surface area contributed by atoms with Gasteiger partial charge < -0.3 is 0 Å². The van der Waals surface area contributed by atoms with E-state index >= 15 is 0 Å². The second kappa shape index (κ2) is 6.61. The van der Waals surface area contributed by atoms with Crippen LogP contribution >= 0.6 is 0 Å². The monoisotopic (exact) mass is 141 g/mol. The summed E-state index contributed by atoms with van der Waals surface area (Å²) in [4.78, 5) is 10.4. The third-order valence-electron chi connectivity index (χ3n) is 1.11. The third-order valence-corrected chi connectivity index (χ3v) is 1.11. The molecule has 0 aromatic carbocycles. The van der Waals surface area contributed by atoms with Crippen molar-refractivity contribution in [1.82, 2.24) is 5.32 Å². The molecule has 0 radical (unpaired) electrons. The predicted molar refractivity (Wildman–Crippen MR) is 39.2 cm³/mol. The van der Waals surface area contributed by atoms with Crippen LogP contribution in [0.2, 0.25) is 0 Å². The summed E-state index contributed by atoms with van der Waals surface area (Å²) in [6, 6.07) is 0. The molecule has 10 heavy (non-hydrogen) atoms. The summed E-state index contributed by atoms with van der Waals surface area (Å²) in [5.74, 6) is 0.202. The van der Waals surface area contributed by atoms with E-state index in [0.717, 1.165) is 20.1 Å². The average Bonchev–Trinajstić information content (AvgIpc) is 1.87. The standard InChI is InChI=1S/C6H12BNO2/c1-6(9)3-2-4-8-5-7-10/h8H,2-5H2,1H3. The Morgan fingerprint density at radius 1 is 1.60 bits per heavy atom. The van der Waals surface area contributed by atoms with Gasteiger partial charge in [-0.15, -0.1) is 0 Å². The number of carbonyl (C=O) groups is 1. The van der Waals surface area contributed by atoms with E-state index in [0.29, 0.717) is 12.9 Å². The van der Waals surface area contributed by atoms with E-state index < -0.39 is 0 Å². The van der Waals surface area contributed by atoms with Gasteiger partial charge in [0.15, 0.2) is 0 Å². The Morgan fingerprint density at radius 2 is 2.30 bits per heavy atom. The zero-order valence-corrected chi connectivity index (χ0v) is 6.22. The van der Waals surface area contributed by atoms with Crippen LogP contribution in [0.4, 0.5) is 0 Å². The van der Waals surface area contributed by atoms with E-state index in [4.69, 9.17) is 0 Å². The van der Waals surface area contributed by atoms with Gasteiger partial charge in [-0.2, -0.15) is 0 Å². The zero-order chi connectivity index (χ0) is 7.82. The summed E-state index contributed by atoms with van der Waals surface area (Å²) in [7, 11) is 0.813. The Labute approximate surface area is 61.4 Å². The minimum absolute atomic E-state index is 0.202. The zero-order valence-electron chi connectivity index (χ0n) is 6.22. The Hall–Kier alpha value is -0.505. The molecule has 0 aliphatic rings. The average molecular weight is 141 g/mol. The fourth-order valence-corrected chi connectivity index (χ4v) is 0.623. The Morgan fingerprint density at radius 3 is 2.80 bits per heavy atom. The van der Waals surface area contributed by atoms with E-state index in [2.05, 4.69) is 5.32 Å². The molecular weight excluding hydrogens is 129 g/mol. The molecule has 0 spiro atoms. The van der Waals surface area contributed by atoms with Crippen molar-refractivity contribution in [2.45, 2.75) is 19.8 Å². The number of ketones is 1. The van der Waals surface area contributed by atoms with Gasteiger partial charge in [0, 0.05) is 0 Å². The molecule has 0 aromatic rings. The topological polar surface area (TPSA) is 46.2 Å². The first-order valence-electron chi connectivity index (χ1n) is 3.41. The second-order valence-corrected chi connectivity index (χ2v) is 2.18. The quantitative estimate of drug-likeness (QED) is 0.416. The van der Waals surface area contributed by atoms with E-state index in [9.17, 15) is 9.50 Å². The molecule has 1 N–H and O–H groups in total. The van der Waals surface area contributed by atoms with Crippen molar-refractivity contribution in [1.29, 1.82) is 0 Å². The fourth-order valence-electron chi connectivity index (χ4n) is 0.623. The molecular formula is C6H12BNO2. The Bertz CT molecular complexity index is 116. The number of hydrogen-bond donors (Lipinski definition) is 1. The van der Waals surface area contributed by atoms with Gasteiger partial charge in [0.05, 0.1) is 0 Å². The molecule has 0 bridgehead atoms. The van der Waals surface area contributed by atoms with Crippen LogP contribution in [-0.4, -0.2) is 25.9 Å². The van der Waals surface area contributed by atoms with Crippen LogP contribution in [0.25, 0.3) is 0 Å². The third kappa shape index (κ3) is 7.49. The molecule has 3 nitrogen and oxygen atoms in total. The Balaban J connectivity index is 2.90. The van der Waals surface area contributed by atoms with Crippen molar-refractivity contribution >= 4 is 12.9 Å². The van der Waals surface area contributed by atoms with Gasteiger partial charge in [-0.25, -0.2) is 0 Å². The van der Waals surface area contributed by atoms with E-state index in [-0.39, 0.29) is 5.78 Å². The van der Waals surface area contributed by atoms with Gasteiger partial charge >= 0.3 is 60.5 Å².